The first-order valence-electron chi connectivity index (χ1n) is 6.12. The maximum atomic E-state index is 12.1. The second-order valence-electron chi connectivity index (χ2n) is 5.19. The number of benzene rings is 1. The lowest BCUT2D eigenvalue weighted by molar-refractivity contribution is 0.0907. The van der Waals surface area contributed by atoms with Gasteiger partial charge in [0, 0.05) is 10.9 Å². The average Bonchev–Trinajstić information content (AvgIpc) is 2.74. The van der Waals surface area contributed by atoms with Gasteiger partial charge in [0.05, 0.1) is 11.2 Å². The molecular formula is C14H19N3O. The van der Waals surface area contributed by atoms with Gasteiger partial charge in [-0.3, -0.25) is 4.79 Å². The molecule has 1 aromatic heterocycles. The standard InChI is InChI=1S/C14H19N3O/c1-4-14(2,3)17-13(18)11-8-9-6-5-7-10(15)12(9)16-11/h5-8,16H,4,15H2,1-3H3,(H,17,18). The van der Waals surface area contributed by atoms with E-state index in [1.54, 1.807) is 0 Å². The van der Waals surface area contributed by atoms with Crippen molar-refractivity contribution in [2.24, 2.45) is 0 Å². The molecule has 0 aliphatic carbocycles. The van der Waals surface area contributed by atoms with Crippen molar-refractivity contribution in [3.05, 3.63) is 30.0 Å². The number of nitrogens with two attached hydrogens (primary N) is 1. The predicted molar refractivity (Wildman–Crippen MR) is 74.5 cm³/mol. The van der Waals surface area contributed by atoms with Crippen LogP contribution in [0.25, 0.3) is 10.9 Å². The number of hydrogen-bond acceptors (Lipinski definition) is 2. The Morgan fingerprint density at radius 1 is 1.44 bits per heavy atom. The molecule has 4 heteroatoms. The molecule has 0 bridgehead atoms. The topological polar surface area (TPSA) is 70.9 Å². The zero-order chi connectivity index (χ0) is 13.3. The van der Waals surface area contributed by atoms with Crippen molar-refractivity contribution in [3.8, 4) is 0 Å². The van der Waals surface area contributed by atoms with E-state index in [1.165, 1.54) is 0 Å². The lowest BCUT2D eigenvalue weighted by Gasteiger charge is -2.23. The summed E-state index contributed by atoms with van der Waals surface area (Å²) in [7, 11) is 0. The molecule has 2 aromatic rings. The van der Waals surface area contributed by atoms with Crippen LogP contribution in [0.4, 0.5) is 5.69 Å². The van der Waals surface area contributed by atoms with Crippen LogP contribution >= 0.6 is 0 Å². The lowest BCUT2D eigenvalue weighted by atomic mass is 10.0. The Kier molecular flexibility index (Phi) is 3.03. The summed E-state index contributed by atoms with van der Waals surface area (Å²) in [6.07, 6.45) is 0.876. The van der Waals surface area contributed by atoms with Crippen LogP contribution in [0.1, 0.15) is 37.7 Å². The highest BCUT2D eigenvalue weighted by molar-refractivity contribution is 6.01. The normalized spacial score (nSPS) is 11.7. The minimum atomic E-state index is -0.208. The van der Waals surface area contributed by atoms with Crippen LogP contribution in [0.15, 0.2) is 24.3 Å². The molecule has 1 aromatic carbocycles. The highest BCUT2D eigenvalue weighted by Crippen LogP contribution is 2.21. The second kappa shape index (κ2) is 4.37. The Morgan fingerprint density at radius 2 is 2.17 bits per heavy atom. The molecule has 96 valence electrons. The number of nitrogen functional groups attached to an aromatic ring is 1. The van der Waals surface area contributed by atoms with E-state index >= 15 is 0 Å². The number of amides is 1. The number of aromatic amines is 1. The van der Waals surface area contributed by atoms with E-state index in [0.29, 0.717) is 11.4 Å². The van der Waals surface area contributed by atoms with E-state index in [9.17, 15) is 4.79 Å². The molecule has 0 saturated carbocycles. The first-order chi connectivity index (χ1) is 8.43. The minimum absolute atomic E-state index is 0.0996. The van der Waals surface area contributed by atoms with E-state index in [4.69, 9.17) is 5.73 Å². The van der Waals surface area contributed by atoms with E-state index in [0.717, 1.165) is 17.3 Å². The Labute approximate surface area is 107 Å². The first-order valence-corrected chi connectivity index (χ1v) is 6.12. The molecule has 0 atom stereocenters. The monoisotopic (exact) mass is 245 g/mol. The van der Waals surface area contributed by atoms with E-state index in [-0.39, 0.29) is 11.4 Å². The summed E-state index contributed by atoms with van der Waals surface area (Å²) in [6, 6.07) is 7.45. The number of carbonyl (C=O) groups is 1. The van der Waals surface area contributed by atoms with Crippen LogP contribution < -0.4 is 11.1 Å². The molecule has 4 N–H and O–H groups in total. The fourth-order valence-electron chi connectivity index (χ4n) is 1.77. The highest BCUT2D eigenvalue weighted by atomic mass is 16.2. The van der Waals surface area contributed by atoms with Crippen LogP contribution in [0.3, 0.4) is 0 Å². The lowest BCUT2D eigenvalue weighted by Crippen LogP contribution is -2.42. The summed E-state index contributed by atoms with van der Waals surface area (Å²) in [4.78, 5) is 15.2. The van der Waals surface area contributed by atoms with Crippen LogP contribution in [-0.4, -0.2) is 16.4 Å². The number of hydrogen-bond donors (Lipinski definition) is 3. The van der Waals surface area contributed by atoms with Crippen molar-refractivity contribution in [2.45, 2.75) is 32.7 Å². The smallest absolute Gasteiger partial charge is 0.268 e. The van der Waals surface area contributed by atoms with Gasteiger partial charge in [-0.1, -0.05) is 19.1 Å². The zero-order valence-corrected chi connectivity index (χ0v) is 11.0. The Balaban J connectivity index is 2.32. The van der Waals surface area contributed by atoms with Gasteiger partial charge >= 0.3 is 0 Å². The molecule has 0 saturated heterocycles. The molecule has 4 nitrogen and oxygen atoms in total. The molecule has 0 spiro atoms. The average molecular weight is 245 g/mol. The predicted octanol–water partition coefficient (Wildman–Crippen LogP) is 2.67. The molecule has 0 fully saturated rings. The maximum Gasteiger partial charge on any atom is 0.268 e. The summed E-state index contributed by atoms with van der Waals surface area (Å²) >= 11 is 0. The molecule has 1 amide bonds. The summed E-state index contributed by atoms with van der Waals surface area (Å²) in [5.74, 6) is -0.0996. The van der Waals surface area contributed by atoms with Crippen LogP contribution in [0.5, 0.6) is 0 Å². The van der Waals surface area contributed by atoms with Gasteiger partial charge in [0.1, 0.15) is 5.69 Å². The van der Waals surface area contributed by atoms with Crippen LogP contribution in [0.2, 0.25) is 0 Å². The maximum absolute atomic E-state index is 12.1. The molecule has 0 radical (unpaired) electrons. The summed E-state index contributed by atoms with van der Waals surface area (Å²) < 4.78 is 0. The van der Waals surface area contributed by atoms with E-state index < -0.39 is 0 Å². The Hall–Kier alpha value is -1.97. The number of H-pyrrole nitrogens is 1. The van der Waals surface area contributed by atoms with Gasteiger partial charge in [0.25, 0.3) is 5.91 Å². The number of carbonyl (C=O) groups excluding carboxylic acids is 1. The van der Waals surface area contributed by atoms with Crippen molar-refractivity contribution in [1.82, 2.24) is 10.3 Å². The third kappa shape index (κ3) is 2.32. The SMILES string of the molecule is CCC(C)(C)NC(=O)c1cc2cccc(N)c2[nH]1. The number of rotatable bonds is 3. The van der Waals surface area contributed by atoms with Crippen LogP contribution in [-0.2, 0) is 0 Å². The van der Waals surface area contributed by atoms with Gasteiger partial charge in [0.2, 0.25) is 0 Å². The quantitative estimate of drug-likeness (QED) is 0.727. The molecule has 2 rings (SSSR count). The summed E-state index contributed by atoms with van der Waals surface area (Å²) in [5, 5.41) is 3.94. The summed E-state index contributed by atoms with van der Waals surface area (Å²) in [5.41, 5.74) is 7.67. The number of para-hydroxylation sites is 1. The molecule has 0 aliphatic heterocycles. The second-order valence-corrected chi connectivity index (χ2v) is 5.19. The van der Waals surface area contributed by atoms with Crippen molar-refractivity contribution < 1.29 is 4.79 Å². The fourth-order valence-corrected chi connectivity index (χ4v) is 1.77. The third-order valence-electron chi connectivity index (χ3n) is 3.27. The number of anilines is 1. The molecule has 1 heterocycles. The number of aromatic nitrogens is 1. The van der Waals surface area contributed by atoms with E-state index in [2.05, 4.69) is 10.3 Å². The van der Waals surface area contributed by atoms with Gasteiger partial charge in [-0.15, -0.1) is 0 Å². The van der Waals surface area contributed by atoms with Crippen molar-refractivity contribution in [1.29, 1.82) is 0 Å². The van der Waals surface area contributed by atoms with E-state index in [1.807, 2.05) is 45.0 Å². The van der Waals surface area contributed by atoms with Gasteiger partial charge in [-0.05, 0) is 32.4 Å². The van der Waals surface area contributed by atoms with Crippen molar-refractivity contribution >= 4 is 22.5 Å². The Bertz CT molecular complexity index is 584. The minimum Gasteiger partial charge on any atom is -0.397 e. The number of nitrogens with one attached hydrogen (secondary N) is 2. The highest BCUT2D eigenvalue weighted by Gasteiger charge is 2.20. The molecular weight excluding hydrogens is 226 g/mol. The molecule has 0 aliphatic rings. The van der Waals surface area contributed by atoms with Gasteiger partial charge < -0.3 is 16.0 Å². The van der Waals surface area contributed by atoms with Gasteiger partial charge in [-0.2, -0.15) is 0 Å². The van der Waals surface area contributed by atoms with Crippen LogP contribution in [0, 0.1) is 0 Å². The first kappa shape index (κ1) is 12.5. The summed E-state index contributed by atoms with van der Waals surface area (Å²) in [6.45, 7) is 6.05. The Morgan fingerprint density at radius 3 is 2.78 bits per heavy atom. The third-order valence-corrected chi connectivity index (χ3v) is 3.27. The zero-order valence-electron chi connectivity index (χ0n) is 11.0. The van der Waals surface area contributed by atoms with Crippen molar-refractivity contribution in [3.63, 3.8) is 0 Å². The van der Waals surface area contributed by atoms with Crippen molar-refractivity contribution in [2.75, 3.05) is 5.73 Å². The van der Waals surface area contributed by atoms with Gasteiger partial charge in [0.15, 0.2) is 0 Å². The largest absolute Gasteiger partial charge is 0.397 e. The molecule has 0 unspecified atom stereocenters. The fraction of sp³-hybridized carbons (Fsp3) is 0.357. The van der Waals surface area contributed by atoms with Gasteiger partial charge in [-0.25, -0.2) is 0 Å². The molecule has 18 heavy (non-hydrogen) atoms. The number of fused-ring (bicyclic) bond motifs is 1.